The van der Waals surface area contributed by atoms with Crippen molar-refractivity contribution < 1.29 is 0 Å². The molecule has 0 saturated carbocycles. The van der Waals surface area contributed by atoms with Crippen LogP contribution in [0, 0.1) is 0 Å². The van der Waals surface area contributed by atoms with Crippen LogP contribution in [0.5, 0.6) is 0 Å². The van der Waals surface area contributed by atoms with E-state index < -0.39 is 0 Å². The molecule has 0 spiro atoms. The largest absolute Gasteiger partial charge is 0.399 e. The first-order valence-electron chi connectivity index (χ1n) is 10.4. The molecule has 166 valence electrons. The summed E-state index contributed by atoms with van der Waals surface area (Å²) in [6.07, 6.45) is 0. The summed E-state index contributed by atoms with van der Waals surface area (Å²) in [5.74, 6) is 0. The molecule has 4 aromatic rings. The number of nitrogen functional groups attached to an aromatic ring is 2. The van der Waals surface area contributed by atoms with Gasteiger partial charge in [-0.05, 0) is 84.9 Å². The zero-order chi connectivity index (χ0) is 23.5. The summed E-state index contributed by atoms with van der Waals surface area (Å²) in [4.78, 5) is 2.04. The van der Waals surface area contributed by atoms with Gasteiger partial charge in [0.15, 0.2) is 0 Å². The van der Waals surface area contributed by atoms with Gasteiger partial charge in [-0.1, -0.05) is 18.2 Å². The lowest BCUT2D eigenvalue weighted by molar-refractivity contribution is 1.13. The van der Waals surface area contributed by atoms with Crippen molar-refractivity contribution >= 4 is 39.8 Å². The summed E-state index contributed by atoms with van der Waals surface area (Å²) >= 11 is 0. The highest BCUT2D eigenvalue weighted by molar-refractivity contribution is 5.52. The number of benzene rings is 4. The van der Waals surface area contributed by atoms with Crippen LogP contribution in [0.1, 0.15) is 0 Å². The maximum Gasteiger partial charge on any atom is 0.0858 e. The van der Waals surface area contributed by atoms with Crippen molar-refractivity contribution in [2.75, 3.05) is 30.5 Å². The van der Waals surface area contributed by atoms with Crippen molar-refractivity contribution in [1.29, 1.82) is 0 Å². The van der Waals surface area contributed by atoms with Crippen LogP contribution in [0.15, 0.2) is 124 Å². The monoisotopic (exact) mass is 437 g/mol. The van der Waals surface area contributed by atoms with E-state index in [1.807, 2.05) is 110 Å². The highest BCUT2D eigenvalue weighted by Crippen LogP contribution is 2.22. The van der Waals surface area contributed by atoms with Crippen LogP contribution in [-0.4, -0.2) is 14.1 Å². The molecule has 7 nitrogen and oxygen atoms in total. The summed E-state index contributed by atoms with van der Waals surface area (Å²) in [5, 5.41) is 16.5. The predicted octanol–water partition coefficient (Wildman–Crippen LogP) is 7.43. The Morgan fingerprint density at radius 1 is 0.455 bits per heavy atom. The van der Waals surface area contributed by atoms with E-state index in [4.69, 9.17) is 11.5 Å². The second-order valence-electron chi connectivity index (χ2n) is 7.33. The first kappa shape index (κ1) is 23.1. The molecule has 0 aliphatic rings. The smallest absolute Gasteiger partial charge is 0.0858 e. The molecule has 4 rings (SSSR count). The van der Waals surface area contributed by atoms with E-state index in [9.17, 15) is 0 Å². The van der Waals surface area contributed by atoms with Crippen molar-refractivity contribution in [2.24, 2.45) is 20.5 Å². The van der Waals surface area contributed by atoms with Crippen LogP contribution >= 0.6 is 0 Å². The lowest BCUT2D eigenvalue weighted by atomic mass is 10.3. The number of nitrogens with two attached hydrogens (primary N) is 2. The summed E-state index contributed by atoms with van der Waals surface area (Å²) in [7, 11) is 4.01. The third-order valence-electron chi connectivity index (χ3n) is 4.47. The molecule has 0 aliphatic heterocycles. The molecule has 0 amide bonds. The third kappa shape index (κ3) is 7.91. The molecule has 0 heterocycles. The fourth-order valence-corrected chi connectivity index (χ4v) is 2.63. The van der Waals surface area contributed by atoms with Crippen LogP contribution < -0.4 is 16.4 Å². The van der Waals surface area contributed by atoms with Gasteiger partial charge in [0.25, 0.3) is 0 Å². The number of azo groups is 2. The Kier molecular flexibility index (Phi) is 8.25. The van der Waals surface area contributed by atoms with E-state index in [0.717, 1.165) is 39.8 Å². The number of hydrogen-bond acceptors (Lipinski definition) is 7. The quantitative estimate of drug-likeness (QED) is 0.250. The summed E-state index contributed by atoms with van der Waals surface area (Å²) in [6, 6.07) is 32.1. The Morgan fingerprint density at radius 2 is 0.788 bits per heavy atom. The van der Waals surface area contributed by atoms with Gasteiger partial charge < -0.3 is 16.4 Å². The van der Waals surface area contributed by atoms with Crippen LogP contribution in [0.3, 0.4) is 0 Å². The Hall–Kier alpha value is -4.52. The summed E-state index contributed by atoms with van der Waals surface area (Å²) in [5.41, 5.74) is 17.0. The first-order valence-corrected chi connectivity index (χ1v) is 10.4. The molecule has 0 radical (unpaired) electrons. The molecule has 0 unspecified atom stereocenters. The maximum atomic E-state index is 5.60. The lowest BCUT2D eigenvalue weighted by Crippen LogP contribution is -2.07. The Balaban J connectivity index is 0.000000189. The van der Waals surface area contributed by atoms with Gasteiger partial charge in [0.2, 0.25) is 0 Å². The predicted molar refractivity (Wildman–Crippen MR) is 137 cm³/mol. The number of hydrogen-bond donors (Lipinski definition) is 2. The topological polar surface area (TPSA) is 105 Å². The van der Waals surface area contributed by atoms with Crippen molar-refractivity contribution in [3.63, 3.8) is 0 Å². The molecule has 4 aromatic carbocycles. The van der Waals surface area contributed by atoms with Crippen molar-refractivity contribution in [3.8, 4) is 0 Å². The average Bonchev–Trinajstić information content (AvgIpc) is 2.85. The van der Waals surface area contributed by atoms with Crippen LogP contribution in [-0.2, 0) is 0 Å². The molecule has 0 saturated heterocycles. The maximum absolute atomic E-state index is 5.60. The zero-order valence-corrected chi connectivity index (χ0v) is 18.7. The number of anilines is 3. The summed E-state index contributed by atoms with van der Waals surface area (Å²) in [6.45, 7) is 0. The van der Waals surface area contributed by atoms with Gasteiger partial charge in [-0.2, -0.15) is 20.5 Å². The molecule has 0 atom stereocenters. The lowest BCUT2D eigenvalue weighted by Gasteiger charge is -2.11. The second kappa shape index (κ2) is 11.8. The molecule has 0 aliphatic carbocycles. The Bertz CT molecular complexity index is 1170. The standard InChI is InChI=1S/C14H16N4.C12H11N3/c1-18(2)14-9-7-13(8-10-14)17-16-12-5-3-11(15)4-6-12;13-10-6-8-12(9-7-10)15-14-11-4-2-1-3-5-11/h3-10H,15H2,1-2H3;1-9H,13H2. The molecule has 33 heavy (non-hydrogen) atoms. The molecule has 0 aromatic heterocycles. The van der Waals surface area contributed by atoms with Gasteiger partial charge in [0, 0.05) is 31.2 Å². The molecular formula is C26H27N7. The SMILES string of the molecule is CN(C)c1ccc(N=Nc2ccc(N)cc2)cc1.Nc1ccc(N=Nc2ccccc2)cc1. The van der Waals surface area contributed by atoms with Gasteiger partial charge >= 0.3 is 0 Å². The molecular weight excluding hydrogens is 410 g/mol. The Labute approximate surface area is 194 Å². The van der Waals surface area contributed by atoms with Gasteiger partial charge in [0.1, 0.15) is 0 Å². The Morgan fingerprint density at radius 3 is 1.15 bits per heavy atom. The van der Waals surface area contributed by atoms with Gasteiger partial charge in [-0.25, -0.2) is 0 Å². The van der Waals surface area contributed by atoms with E-state index in [1.54, 1.807) is 12.1 Å². The van der Waals surface area contributed by atoms with Gasteiger partial charge in [-0.3, -0.25) is 0 Å². The summed E-state index contributed by atoms with van der Waals surface area (Å²) < 4.78 is 0. The number of rotatable bonds is 5. The fraction of sp³-hybridized carbons (Fsp3) is 0.0769. The molecule has 0 bridgehead atoms. The van der Waals surface area contributed by atoms with E-state index in [2.05, 4.69) is 20.5 Å². The highest BCUT2D eigenvalue weighted by Gasteiger charge is 1.95. The van der Waals surface area contributed by atoms with E-state index in [1.165, 1.54) is 0 Å². The molecule has 4 N–H and O–H groups in total. The molecule has 0 fully saturated rings. The third-order valence-corrected chi connectivity index (χ3v) is 4.47. The molecule has 7 heteroatoms. The zero-order valence-electron chi connectivity index (χ0n) is 18.7. The van der Waals surface area contributed by atoms with E-state index in [0.29, 0.717) is 0 Å². The van der Waals surface area contributed by atoms with Gasteiger partial charge in [0.05, 0.1) is 22.7 Å². The van der Waals surface area contributed by atoms with Crippen molar-refractivity contribution in [2.45, 2.75) is 0 Å². The second-order valence-corrected chi connectivity index (χ2v) is 7.33. The van der Waals surface area contributed by atoms with Crippen LogP contribution in [0.2, 0.25) is 0 Å². The minimum atomic E-state index is 0.726. The first-order chi connectivity index (χ1) is 16.0. The highest BCUT2D eigenvalue weighted by atomic mass is 15.1. The minimum absolute atomic E-state index is 0.726. The minimum Gasteiger partial charge on any atom is -0.399 e. The van der Waals surface area contributed by atoms with Crippen LogP contribution in [0.4, 0.5) is 39.8 Å². The fourth-order valence-electron chi connectivity index (χ4n) is 2.63. The number of nitrogens with zero attached hydrogens (tertiary/aromatic N) is 5. The van der Waals surface area contributed by atoms with Crippen molar-refractivity contribution in [3.05, 3.63) is 103 Å². The van der Waals surface area contributed by atoms with E-state index in [-0.39, 0.29) is 0 Å². The van der Waals surface area contributed by atoms with Crippen molar-refractivity contribution in [1.82, 2.24) is 0 Å². The van der Waals surface area contributed by atoms with E-state index >= 15 is 0 Å². The average molecular weight is 438 g/mol. The van der Waals surface area contributed by atoms with Crippen LogP contribution in [0.25, 0.3) is 0 Å². The van der Waals surface area contributed by atoms with Gasteiger partial charge in [-0.15, -0.1) is 0 Å². The normalized spacial score (nSPS) is 10.7.